The number of carbonyl (C=O) groups is 1. The van der Waals surface area contributed by atoms with E-state index in [1.807, 2.05) is 53.4 Å². The SMILES string of the molecule is N#Cc1ccc(CSc2ccccc2C(=O)N2CCN([C@H]3CCS(=O)(=O)C3)CC2)cc1. The van der Waals surface area contributed by atoms with Gasteiger partial charge in [-0.25, -0.2) is 8.42 Å². The molecule has 1 amide bonds. The fourth-order valence-electron chi connectivity index (χ4n) is 4.13. The summed E-state index contributed by atoms with van der Waals surface area (Å²) in [5, 5.41) is 8.93. The Morgan fingerprint density at radius 1 is 1.06 bits per heavy atom. The van der Waals surface area contributed by atoms with Crippen molar-refractivity contribution in [3.05, 3.63) is 65.2 Å². The highest BCUT2D eigenvalue weighted by Crippen LogP contribution is 2.28. The van der Waals surface area contributed by atoms with Gasteiger partial charge in [-0.2, -0.15) is 5.26 Å². The Morgan fingerprint density at radius 3 is 2.42 bits per heavy atom. The molecule has 0 aliphatic carbocycles. The van der Waals surface area contributed by atoms with Gasteiger partial charge in [0, 0.05) is 42.9 Å². The van der Waals surface area contributed by atoms with Crippen molar-refractivity contribution in [1.29, 1.82) is 5.26 Å². The van der Waals surface area contributed by atoms with Crippen LogP contribution >= 0.6 is 11.8 Å². The minimum Gasteiger partial charge on any atom is -0.336 e. The van der Waals surface area contributed by atoms with Gasteiger partial charge in [0.25, 0.3) is 5.91 Å². The number of sulfone groups is 1. The van der Waals surface area contributed by atoms with E-state index >= 15 is 0 Å². The molecule has 0 spiro atoms. The topological polar surface area (TPSA) is 81.5 Å². The molecule has 0 unspecified atom stereocenters. The fourth-order valence-corrected chi connectivity index (χ4v) is 6.89. The summed E-state index contributed by atoms with van der Waals surface area (Å²) in [5.41, 5.74) is 2.45. The Hall–Kier alpha value is -2.34. The van der Waals surface area contributed by atoms with Crippen LogP contribution in [0.2, 0.25) is 0 Å². The van der Waals surface area contributed by atoms with Gasteiger partial charge in [-0.1, -0.05) is 24.3 Å². The average molecular weight is 456 g/mol. The zero-order chi connectivity index (χ0) is 21.8. The number of thioether (sulfide) groups is 1. The van der Waals surface area contributed by atoms with Crippen LogP contribution in [-0.2, 0) is 15.6 Å². The van der Waals surface area contributed by atoms with Crippen LogP contribution < -0.4 is 0 Å². The number of benzene rings is 2. The summed E-state index contributed by atoms with van der Waals surface area (Å²) in [7, 11) is -2.90. The van der Waals surface area contributed by atoms with Crippen LogP contribution in [0.15, 0.2) is 53.4 Å². The predicted molar refractivity (Wildman–Crippen MR) is 122 cm³/mol. The van der Waals surface area contributed by atoms with Crippen molar-refractivity contribution in [1.82, 2.24) is 9.80 Å². The molecule has 2 fully saturated rings. The summed E-state index contributed by atoms with van der Waals surface area (Å²) in [6.07, 6.45) is 0.700. The monoisotopic (exact) mass is 455 g/mol. The number of nitrogens with zero attached hydrogens (tertiary/aromatic N) is 3. The van der Waals surface area contributed by atoms with Crippen molar-refractivity contribution < 1.29 is 13.2 Å². The van der Waals surface area contributed by atoms with Crippen LogP contribution in [0.4, 0.5) is 0 Å². The molecule has 0 bridgehead atoms. The lowest BCUT2D eigenvalue weighted by atomic mass is 10.1. The molecule has 0 N–H and O–H groups in total. The van der Waals surface area contributed by atoms with Crippen LogP contribution in [0.3, 0.4) is 0 Å². The van der Waals surface area contributed by atoms with E-state index in [2.05, 4.69) is 11.0 Å². The summed E-state index contributed by atoms with van der Waals surface area (Å²) >= 11 is 1.62. The van der Waals surface area contributed by atoms with Gasteiger partial charge >= 0.3 is 0 Å². The zero-order valence-electron chi connectivity index (χ0n) is 17.2. The van der Waals surface area contributed by atoms with E-state index in [0.29, 0.717) is 43.7 Å². The van der Waals surface area contributed by atoms with E-state index in [1.165, 1.54) is 0 Å². The summed E-state index contributed by atoms with van der Waals surface area (Å²) < 4.78 is 23.5. The molecule has 162 valence electrons. The molecule has 0 aromatic heterocycles. The molecule has 2 aliphatic heterocycles. The van der Waals surface area contributed by atoms with Crippen LogP contribution in [-0.4, -0.2) is 67.9 Å². The van der Waals surface area contributed by atoms with Gasteiger partial charge in [-0.3, -0.25) is 9.69 Å². The molecule has 6 nitrogen and oxygen atoms in total. The molecule has 2 aromatic rings. The van der Waals surface area contributed by atoms with Gasteiger partial charge in [-0.05, 0) is 36.2 Å². The maximum atomic E-state index is 13.2. The van der Waals surface area contributed by atoms with Crippen LogP contribution in [0, 0.1) is 11.3 Å². The second-order valence-electron chi connectivity index (χ2n) is 7.98. The van der Waals surface area contributed by atoms with Crippen molar-refractivity contribution in [2.45, 2.75) is 23.1 Å². The zero-order valence-corrected chi connectivity index (χ0v) is 18.9. The third-order valence-electron chi connectivity index (χ3n) is 5.92. The first-order chi connectivity index (χ1) is 14.9. The smallest absolute Gasteiger partial charge is 0.255 e. The third-order valence-corrected chi connectivity index (χ3v) is 8.82. The van der Waals surface area contributed by atoms with Crippen molar-refractivity contribution in [2.24, 2.45) is 0 Å². The van der Waals surface area contributed by atoms with Crippen molar-refractivity contribution in [3.63, 3.8) is 0 Å². The van der Waals surface area contributed by atoms with Crippen molar-refractivity contribution in [2.75, 3.05) is 37.7 Å². The van der Waals surface area contributed by atoms with Gasteiger partial charge in [0.2, 0.25) is 0 Å². The van der Waals surface area contributed by atoms with Gasteiger partial charge in [0.05, 0.1) is 28.7 Å². The molecule has 2 heterocycles. The van der Waals surface area contributed by atoms with E-state index in [1.54, 1.807) is 11.8 Å². The fraction of sp³-hybridized carbons (Fsp3) is 0.391. The van der Waals surface area contributed by atoms with E-state index in [4.69, 9.17) is 5.26 Å². The predicted octanol–water partition coefficient (Wildman–Crippen LogP) is 2.80. The summed E-state index contributed by atoms with van der Waals surface area (Å²) in [6.45, 7) is 2.66. The first-order valence-electron chi connectivity index (χ1n) is 10.4. The maximum absolute atomic E-state index is 13.2. The normalized spacial score (nSPS) is 21.0. The molecule has 2 aliphatic rings. The van der Waals surface area contributed by atoms with Crippen LogP contribution in [0.1, 0.15) is 27.9 Å². The number of piperazine rings is 1. The summed E-state index contributed by atoms with van der Waals surface area (Å²) in [4.78, 5) is 18.3. The Balaban J connectivity index is 1.37. The summed E-state index contributed by atoms with van der Waals surface area (Å²) in [6, 6.07) is 17.4. The minimum atomic E-state index is -2.90. The maximum Gasteiger partial charge on any atom is 0.255 e. The van der Waals surface area contributed by atoms with Crippen molar-refractivity contribution >= 4 is 27.5 Å². The molecule has 2 aromatic carbocycles. The Bertz CT molecular complexity index is 1090. The molecule has 31 heavy (non-hydrogen) atoms. The quantitative estimate of drug-likeness (QED) is 0.645. The lowest BCUT2D eigenvalue weighted by Gasteiger charge is -2.37. The first kappa shape index (κ1) is 21.9. The van der Waals surface area contributed by atoms with Gasteiger partial charge in [0.1, 0.15) is 0 Å². The largest absolute Gasteiger partial charge is 0.336 e. The first-order valence-corrected chi connectivity index (χ1v) is 13.2. The number of nitriles is 1. The lowest BCUT2D eigenvalue weighted by molar-refractivity contribution is 0.0584. The minimum absolute atomic E-state index is 0.0293. The second-order valence-corrected chi connectivity index (χ2v) is 11.2. The molecule has 4 rings (SSSR count). The summed E-state index contributed by atoms with van der Waals surface area (Å²) in [5.74, 6) is 1.28. The molecule has 0 radical (unpaired) electrons. The van der Waals surface area contributed by atoms with Crippen LogP contribution in [0.5, 0.6) is 0 Å². The highest BCUT2D eigenvalue weighted by atomic mass is 32.2. The molecule has 0 saturated carbocycles. The van der Waals surface area contributed by atoms with Gasteiger partial charge < -0.3 is 4.90 Å². The van der Waals surface area contributed by atoms with Gasteiger partial charge in [-0.15, -0.1) is 11.8 Å². The molecule has 8 heteroatoms. The molecule has 1 atom stereocenters. The van der Waals surface area contributed by atoms with E-state index in [-0.39, 0.29) is 23.5 Å². The highest BCUT2D eigenvalue weighted by molar-refractivity contribution is 7.98. The Labute approximate surface area is 187 Å². The van der Waals surface area contributed by atoms with Crippen molar-refractivity contribution in [3.8, 4) is 6.07 Å². The number of carbonyl (C=O) groups excluding carboxylic acids is 1. The Kier molecular flexibility index (Phi) is 6.65. The number of amides is 1. The van der Waals surface area contributed by atoms with E-state index in [9.17, 15) is 13.2 Å². The van der Waals surface area contributed by atoms with E-state index < -0.39 is 9.84 Å². The highest BCUT2D eigenvalue weighted by Gasteiger charge is 2.34. The standard InChI is InChI=1S/C23H25N3O3S2/c24-15-18-5-7-19(8-6-18)16-30-22-4-2-1-3-21(22)23(27)26-12-10-25(11-13-26)20-9-14-31(28,29)17-20/h1-8,20H,9-14,16-17H2/t20-/m0/s1. The van der Waals surface area contributed by atoms with E-state index in [0.717, 1.165) is 16.2 Å². The number of hydrogen-bond acceptors (Lipinski definition) is 6. The van der Waals surface area contributed by atoms with Crippen LogP contribution in [0.25, 0.3) is 0 Å². The number of rotatable bonds is 5. The number of hydrogen-bond donors (Lipinski definition) is 0. The van der Waals surface area contributed by atoms with Gasteiger partial charge in [0.15, 0.2) is 9.84 Å². The lowest BCUT2D eigenvalue weighted by Crippen LogP contribution is -2.52. The molecular formula is C23H25N3O3S2. The third kappa shape index (κ3) is 5.29. The Morgan fingerprint density at radius 2 is 1.77 bits per heavy atom. The molecular weight excluding hydrogens is 430 g/mol. The second kappa shape index (κ2) is 9.43. The average Bonchev–Trinajstić information content (AvgIpc) is 3.17. The molecule has 2 saturated heterocycles.